The van der Waals surface area contributed by atoms with Gasteiger partial charge in [-0.1, -0.05) is 51.1 Å². The third kappa shape index (κ3) is 4.75. The van der Waals surface area contributed by atoms with Crippen LogP contribution in [0.2, 0.25) is 37.8 Å². The van der Waals surface area contributed by atoms with Crippen molar-refractivity contribution in [2.75, 3.05) is 0 Å². The van der Waals surface area contributed by atoms with Crippen molar-refractivity contribution in [3.05, 3.63) is 47.5 Å². The molecule has 4 rings (SSSR count). The van der Waals surface area contributed by atoms with Crippen LogP contribution in [-0.4, -0.2) is 68.6 Å². The number of amides is 1. The SMILES string of the molecule is CC(C)(C)[Si](C)(C)O[C@@H]1C2=CC(=O)O[C@H]2[C@@H](O)[C@]2(CC(=O)N2OCc2ccccc2)[C@@H]1O[Si](C)(C)C. The van der Waals surface area contributed by atoms with E-state index in [-0.39, 0.29) is 24.0 Å². The standard InChI is InChI=1S/C26H39NO7Si2/c1-25(2,3)36(7,8)33-22-18-14-20(29)32-21(18)23(30)26(24(22)34-35(4,5)6)15-19(28)27(26)31-16-17-12-10-9-11-13-17/h9-14,21-24,30H,15-16H2,1-8H3/t21-,22-,23-,24-,26-/m1/s1. The second kappa shape index (κ2) is 9.18. The molecule has 1 saturated carbocycles. The van der Waals surface area contributed by atoms with Crippen molar-refractivity contribution in [1.82, 2.24) is 5.06 Å². The van der Waals surface area contributed by atoms with E-state index in [0.717, 1.165) is 5.56 Å². The molecular formula is C26H39NO7Si2. The molecule has 3 aliphatic rings. The molecule has 198 valence electrons. The summed E-state index contributed by atoms with van der Waals surface area (Å²) in [7, 11) is -4.60. The number of rotatable bonds is 7. The van der Waals surface area contributed by atoms with Crippen molar-refractivity contribution in [3.63, 3.8) is 0 Å². The van der Waals surface area contributed by atoms with Crippen molar-refractivity contribution in [2.45, 2.75) is 102 Å². The summed E-state index contributed by atoms with van der Waals surface area (Å²) in [6.45, 7) is 17.0. The number of carbonyl (C=O) groups excluding carboxylic acids is 2. The highest BCUT2D eigenvalue weighted by atomic mass is 28.4. The Balaban J connectivity index is 1.78. The molecule has 5 atom stereocenters. The fourth-order valence-corrected chi connectivity index (χ4v) is 7.18. The Hall–Kier alpha value is -1.83. The first-order chi connectivity index (χ1) is 16.6. The van der Waals surface area contributed by atoms with E-state index in [9.17, 15) is 14.7 Å². The van der Waals surface area contributed by atoms with E-state index < -0.39 is 52.6 Å². The molecule has 1 amide bonds. The zero-order valence-corrected chi connectivity index (χ0v) is 24.5. The monoisotopic (exact) mass is 533 g/mol. The van der Waals surface area contributed by atoms with E-state index in [2.05, 4.69) is 53.5 Å². The van der Waals surface area contributed by atoms with Crippen LogP contribution in [-0.2, 0) is 34.6 Å². The summed E-state index contributed by atoms with van der Waals surface area (Å²) >= 11 is 0. The minimum absolute atomic E-state index is 0.0107. The molecule has 1 aromatic rings. The minimum atomic E-state index is -2.37. The molecule has 36 heavy (non-hydrogen) atoms. The van der Waals surface area contributed by atoms with E-state index in [4.69, 9.17) is 18.4 Å². The maximum Gasteiger partial charge on any atom is 0.331 e. The van der Waals surface area contributed by atoms with Gasteiger partial charge < -0.3 is 18.7 Å². The summed E-state index contributed by atoms with van der Waals surface area (Å²) in [4.78, 5) is 31.5. The predicted octanol–water partition coefficient (Wildman–Crippen LogP) is 3.93. The van der Waals surface area contributed by atoms with Gasteiger partial charge in [-0.15, -0.1) is 0 Å². The van der Waals surface area contributed by atoms with E-state index in [1.165, 1.54) is 11.1 Å². The summed E-state index contributed by atoms with van der Waals surface area (Å²) < 4.78 is 19.2. The van der Waals surface area contributed by atoms with Gasteiger partial charge >= 0.3 is 5.97 Å². The summed E-state index contributed by atoms with van der Waals surface area (Å²) in [5.41, 5.74) is 0.224. The highest BCUT2D eigenvalue weighted by Crippen LogP contribution is 2.52. The molecule has 10 heteroatoms. The van der Waals surface area contributed by atoms with Crippen LogP contribution in [0.15, 0.2) is 42.0 Å². The molecule has 1 aliphatic carbocycles. The van der Waals surface area contributed by atoms with E-state index in [1.54, 1.807) is 0 Å². The normalized spacial score (nSPS) is 30.7. The van der Waals surface area contributed by atoms with Gasteiger partial charge in [0.1, 0.15) is 24.4 Å². The van der Waals surface area contributed by atoms with Gasteiger partial charge in [0.2, 0.25) is 5.91 Å². The van der Waals surface area contributed by atoms with Gasteiger partial charge in [0.15, 0.2) is 22.7 Å². The summed E-state index contributed by atoms with van der Waals surface area (Å²) in [6, 6.07) is 9.53. The van der Waals surface area contributed by atoms with Crippen molar-refractivity contribution >= 4 is 28.5 Å². The molecule has 1 N–H and O–H groups in total. The zero-order chi connectivity index (χ0) is 26.7. The van der Waals surface area contributed by atoms with Crippen molar-refractivity contribution in [1.29, 1.82) is 0 Å². The van der Waals surface area contributed by atoms with Gasteiger partial charge in [0.25, 0.3) is 0 Å². The van der Waals surface area contributed by atoms with Crippen LogP contribution in [0.25, 0.3) is 0 Å². The third-order valence-corrected chi connectivity index (χ3v) is 13.1. The second-order valence-electron chi connectivity index (χ2n) is 12.5. The number of hydroxylamine groups is 2. The summed E-state index contributed by atoms with van der Waals surface area (Å²) in [5.74, 6) is -0.777. The molecule has 0 radical (unpaired) electrons. The summed E-state index contributed by atoms with van der Waals surface area (Å²) in [5, 5.41) is 12.8. The third-order valence-electron chi connectivity index (χ3n) is 7.70. The van der Waals surface area contributed by atoms with Gasteiger partial charge in [0, 0.05) is 11.6 Å². The molecule has 1 spiro atoms. The molecule has 2 fully saturated rings. The number of benzene rings is 1. The number of esters is 1. The van der Waals surface area contributed by atoms with Crippen molar-refractivity contribution in [2.24, 2.45) is 0 Å². The van der Waals surface area contributed by atoms with E-state index >= 15 is 0 Å². The number of hydrogen-bond donors (Lipinski definition) is 1. The Morgan fingerprint density at radius 2 is 1.72 bits per heavy atom. The molecule has 2 heterocycles. The first-order valence-corrected chi connectivity index (χ1v) is 18.8. The maximum absolute atomic E-state index is 13.0. The van der Waals surface area contributed by atoms with Crippen LogP contribution in [0.4, 0.5) is 0 Å². The van der Waals surface area contributed by atoms with Gasteiger partial charge in [-0.05, 0) is 43.3 Å². The second-order valence-corrected chi connectivity index (χ2v) is 21.7. The zero-order valence-electron chi connectivity index (χ0n) is 22.5. The van der Waals surface area contributed by atoms with Gasteiger partial charge in [-0.25, -0.2) is 9.86 Å². The number of β-lactam (4-membered cyclic amide) rings is 1. The number of fused-ring (bicyclic) bond motifs is 1. The number of carbonyl (C=O) groups is 2. The Labute approximate surface area is 215 Å². The largest absolute Gasteiger partial charge is 0.452 e. The average molecular weight is 534 g/mol. The molecular weight excluding hydrogens is 494 g/mol. The quantitative estimate of drug-likeness (QED) is 0.322. The highest BCUT2D eigenvalue weighted by molar-refractivity contribution is 6.74. The fourth-order valence-electron chi connectivity index (χ4n) is 4.85. The lowest BCUT2D eigenvalue weighted by Gasteiger charge is -2.62. The Bertz CT molecular complexity index is 1050. The smallest absolute Gasteiger partial charge is 0.331 e. The van der Waals surface area contributed by atoms with Crippen molar-refractivity contribution < 1.29 is 33.1 Å². The van der Waals surface area contributed by atoms with E-state index in [0.29, 0.717) is 5.57 Å². The highest BCUT2D eigenvalue weighted by Gasteiger charge is 2.71. The molecule has 2 aliphatic heterocycles. The maximum atomic E-state index is 13.0. The Kier molecular flexibility index (Phi) is 6.94. The van der Waals surface area contributed by atoms with Gasteiger partial charge in [-0.2, -0.15) is 0 Å². The molecule has 1 aromatic carbocycles. The first kappa shape index (κ1) is 27.2. The Morgan fingerprint density at radius 3 is 2.28 bits per heavy atom. The number of ether oxygens (including phenoxy) is 1. The first-order valence-electron chi connectivity index (χ1n) is 12.5. The molecule has 1 saturated heterocycles. The lowest BCUT2D eigenvalue weighted by atomic mass is 9.66. The minimum Gasteiger partial charge on any atom is -0.452 e. The lowest BCUT2D eigenvalue weighted by molar-refractivity contribution is -0.317. The van der Waals surface area contributed by atoms with Crippen LogP contribution in [0.3, 0.4) is 0 Å². The topological polar surface area (TPSA) is 94.5 Å². The van der Waals surface area contributed by atoms with E-state index in [1.807, 2.05) is 30.3 Å². The predicted molar refractivity (Wildman–Crippen MR) is 140 cm³/mol. The van der Waals surface area contributed by atoms with Crippen LogP contribution in [0.5, 0.6) is 0 Å². The van der Waals surface area contributed by atoms with Crippen molar-refractivity contribution in [3.8, 4) is 0 Å². The number of aliphatic hydroxyl groups is 1. The summed E-state index contributed by atoms with van der Waals surface area (Å²) in [6.07, 6.45) is -2.09. The Morgan fingerprint density at radius 1 is 1.08 bits per heavy atom. The number of aliphatic hydroxyl groups excluding tert-OH is 1. The van der Waals surface area contributed by atoms with Crippen LogP contribution in [0, 0.1) is 0 Å². The molecule has 0 aromatic heterocycles. The van der Waals surface area contributed by atoms with Gasteiger partial charge in [-0.3, -0.25) is 9.63 Å². The van der Waals surface area contributed by atoms with Crippen LogP contribution >= 0.6 is 0 Å². The molecule has 0 unspecified atom stereocenters. The number of nitrogens with zero attached hydrogens (tertiary/aromatic N) is 1. The van der Waals surface area contributed by atoms with Gasteiger partial charge in [0.05, 0.1) is 12.5 Å². The van der Waals surface area contributed by atoms with Crippen LogP contribution < -0.4 is 0 Å². The number of hydrogen-bond acceptors (Lipinski definition) is 7. The molecule has 8 nitrogen and oxygen atoms in total. The lowest BCUT2D eigenvalue weighted by Crippen LogP contribution is -2.82. The van der Waals surface area contributed by atoms with Crippen LogP contribution in [0.1, 0.15) is 32.8 Å². The fraction of sp³-hybridized carbons (Fsp3) is 0.615. The average Bonchev–Trinajstić information content (AvgIpc) is 3.14. The molecule has 0 bridgehead atoms.